The molecule has 50 heavy (non-hydrogen) atoms. The number of ether oxygens (including phenoxy) is 1. The number of amides is 2. The van der Waals surface area contributed by atoms with Crippen LogP contribution < -0.4 is 4.74 Å². The zero-order valence-electron chi connectivity index (χ0n) is 27.5. The molecule has 2 aliphatic rings. The Hall–Kier alpha value is -3.83. The van der Waals surface area contributed by atoms with Crippen LogP contribution in [-0.4, -0.2) is 51.3 Å². The number of carbonyl (C=O) groups excluding carboxylic acids is 2. The van der Waals surface area contributed by atoms with Crippen LogP contribution in [0, 0.1) is 16.7 Å². The van der Waals surface area contributed by atoms with Gasteiger partial charge in [-0.3, -0.25) is 14.6 Å². The number of alkyl halides is 6. The lowest BCUT2D eigenvalue weighted by Crippen LogP contribution is -2.68. The number of fused-ring (bicyclic) bond motifs is 1. The third-order valence-corrected chi connectivity index (χ3v) is 10.4. The van der Waals surface area contributed by atoms with Crippen molar-refractivity contribution in [2.24, 2.45) is 5.41 Å². The fourth-order valence-electron chi connectivity index (χ4n) is 6.99. The van der Waals surface area contributed by atoms with Gasteiger partial charge in [0.25, 0.3) is 11.8 Å². The SMILES string of the molecule is CCC[C@H]1N(C(=O)c2ncccc2C(F)(F)F)CCC[C@]1(Oc1csc(C(F)(F)F)c1)C(=O)N1CCc2cc(Cl)ccc2C1CC(C)(C)C#N. The summed E-state index contributed by atoms with van der Waals surface area (Å²) in [5.74, 6) is -1.96. The van der Waals surface area contributed by atoms with Crippen LogP contribution in [0.2, 0.25) is 5.02 Å². The first-order valence-electron chi connectivity index (χ1n) is 16.1. The number of nitriles is 1. The highest BCUT2D eigenvalue weighted by molar-refractivity contribution is 7.10. The Morgan fingerprint density at radius 2 is 1.84 bits per heavy atom. The average Bonchev–Trinajstić information content (AvgIpc) is 3.54. The smallest absolute Gasteiger partial charge is 0.425 e. The maximum atomic E-state index is 15.3. The summed E-state index contributed by atoms with van der Waals surface area (Å²) in [6, 6.07) is 8.22. The number of likely N-dealkylation sites (tertiary alicyclic amines) is 1. The minimum atomic E-state index is -4.91. The van der Waals surface area contributed by atoms with Crippen LogP contribution in [0.3, 0.4) is 0 Å². The van der Waals surface area contributed by atoms with Gasteiger partial charge in [-0.1, -0.05) is 31.0 Å². The molecule has 4 heterocycles. The Morgan fingerprint density at radius 1 is 1.10 bits per heavy atom. The van der Waals surface area contributed by atoms with E-state index in [1.807, 2.05) is 0 Å². The summed E-state index contributed by atoms with van der Waals surface area (Å²) in [4.78, 5) is 34.9. The van der Waals surface area contributed by atoms with Crippen molar-refractivity contribution in [3.05, 3.63) is 80.3 Å². The molecule has 1 unspecified atom stereocenters. The van der Waals surface area contributed by atoms with E-state index in [4.69, 9.17) is 16.3 Å². The quantitative estimate of drug-likeness (QED) is 0.215. The Kier molecular flexibility index (Phi) is 10.5. The average molecular weight is 741 g/mol. The summed E-state index contributed by atoms with van der Waals surface area (Å²) in [5, 5.41) is 11.6. The largest absolute Gasteiger partial charge is 0.474 e. The van der Waals surface area contributed by atoms with E-state index in [1.54, 1.807) is 43.9 Å². The number of hydrogen-bond acceptors (Lipinski definition) is 6. The molecule has 0 radical (unpaired) electrons. The maximum absolute atomic E-state index is 15.3. The summed E-state index contributed by atoms with van der Waals surface area (Å²) in [6.07, 6.45) is -7.50. The van der Waals surface area contributed by atoms with Crippen LogP contribution in [0.15, 0.2) is 48.0 Å². The minimum absolute atomic E-state index is 0.0375. The number of aromatic nitrogens is 1. The second kappa shape index (κ2) is 14.1. The van der Waals surface area contributed by atoms with Crippen molar-refractivity contribution in [3.63, 3.8) is 0 Å². The first-order chi connectivity index (χ1) is 23.4. The summed E-state index contributed by atoms with van der Waals surface area (Å²) in [7, 11) is 0. The van der Waals surface area contributed by atoms with E-state index in [0.29, 0.717) is 29.2 Å². The van der Waals surface area contributed by atoms with Crippen molar-refractivity contribution >= 4 is 34.8 Å². The zero-order chi connectivity index (χ0) is 36.6. The van der Waals surface area contributed by atoms with Crippen LogP contribution in [0.4, 0.5) is 26.3 Å². The molecule has 5 rings (SSSR count). The number of nitrogens with zero attached hydrogens (tertiary/aromatic N) is 4. The predicted octanol–water partition coefficient (Wildman–Crippen LogP) is 9.12. The van der Waals surface area contributed by atoms with Crippen molar-refractivity contribution in [1.82, 2.24) is 14.8 Å². The molecule has 0 aliphatic carbocycles. The summed E-state index contributed by atoms with van der Waals surface area (Å²) < 4.78 is 89.8. The van der Waals surface area contributed by atoms with Crippen LogP contribution in [0.25, 0.3) is 0 Å². The number of pyridine rings is 1. The number of rotatable bonds is 8. The van der Waals surface area contributed by atoms with E-state index in [1.165, 1.54) is 0 Å². The van der Waals surface area contributed by atoms with Crippen LogP contribution in [0.5, 0.6) is 5.75 Å². The molecule has 3 aromatic rings. The molecule has 2 aliphatic heterocycles. The number of carbonyl (C=O) groups is 2. The molecular formula is C35H35ClF6N4O3S. The van der Waals surface area contributed by atoms with Crippen molar-refractivity contribution in [1.29, 1.82) is 5.26 Å². The second-order valence-electron chi connectivity index (χ2n) is 13.2. The lowest BCUT2D eigenvalue weighted by Gasteiger charge is -2.51. The number of piperidine rings is 1. The van der Waals surface area contributed by atoms with Crippen LogP contribution >= 0.6 is 22.9 Å². The van der Waals surface area contributed by atoms with E-state index in [9.17, 15) is 36.4 Å². The van der Waals surface area contributed by atoms with Crippen LogP contribution in [-0.2, 0) is 23.6 Å². The fraction of sp³-hybridized carbons (Fsp3) is 0.486. The Labute approximate surface area is 294 Å². The molecule has 15 heteroatoms. The monoisotopic (exact) mass is 740 g/mol. The molecule has 0 N–H and O–H groups in total. The lowest BCUT2D eigenvalue weighted by atomic mass is 9.77. The highest BCUT2D eigenvalue weighted by Gasteiger charge is 2.57. The zero-order valence-corrected chi connectivity index (χ0v) is 29.1. The van der Waals surface area contributed by atoms with Crippen LogP contribution in [0.1, 0.15) is 91.0 Å². The maximum Gasteiger partial charge on any atom is 0.425 e. The molecule has 0 spiro atoms. The molecule has 1 saturated heterocycles. The summed E-state index contributed by atoms with van der Waals surface area (Å²) in [6.45, 7) is 5.30. The molecule has 0 saturated carbocycles. The number of halogens is 7. The Bertz CT molecular complexity index is 1790. The van der Waals surface area contributed by atoms with Gasteiger partial charge in [-0.2, -0.15) is 31.6 Å². The van der Waals surface area contributed by atoms with Crippen molar-refractivity contribution in [2.75, 3.05) is 13.1 Å². The highest BCUT2D eigenvalue weighted by Crippen LogP contribution is 2.46. The van der Waals surface area contributed by atoms with Gasteiger partial charge in [0.05, 0.1) is 29.1 Å². The normalized spacial score (nSPS) is 21.4. The summed E-state index contributed by atoms with van der Waals surface area (Å²) in [5.41, 5.74) is -3.42. The molecule has 1 aromatic carbocycles. The Balaban J connectivity index is 1.67. The predicted molar refractivity (Wildman–Crippen MR) is 175 cm³/mol. The molecular weight excluding hydrogens is 706 g/mol. The first kappa shape index (κ1) is 37.4. The van der Waals surface area contributed by atoms with Gasteiger partial charge in [-0.15, -0.1) is 11.3 Å². The van der Waals surface area contributed by atoms with Crippen molar-refractivity contribution in [3.8, 4) is 11.8 Å². The molecule has 2 aromatic heterocycles. The van der Waals surface area contributed by atoms with Gasteiger partial charge in [0.1, 0.15) is 16.3 Å². The van der Waals surface area contributed by atoms with Gasteiger partial charge in [0.15, 0.2) is 0 Å². The lowest BCUT2D eigenvalue weighted by molar-refractivity contribution is -0.163. The molecule has 0 bridgehead atoms. The Morgan fingerprint density at radius 3 is 2.48 bits per heavy atom. The number of hydrogen-bond donors (Lipinski definition) is 0. The van der Waals surface area contributed by atoms with E-state index in [0.717, 1.165) is 45.8 Å². The van der Waals surface area contributed by atoms with Gasteiger partial charge >= 0.3 is 12.4 Å². The number of thiophene rings is 1. The van der Waals surface area contributed by atoms with E-state index >= 15 is 4.79 Å². The molecule has 7 nitrogen and oxygen atoms in total. The fourth-order valence-corrected chi connectivity index (χ4v) is 7.86. The van der Waals surface area contributed by atoms with E-state index in [2.05, 4.69) is 11.1 Å². The van der Waals surface area contributed by atoms with Gasteiger partial charge in [0, 0.05) is 42.2 Å². The molecule has 1 fully saturated rings. The van der Waals surface area contributed by atoms with Crippen molar-refractivity contribution in [2.45, 2.75) is 89.3 Å². The molecule has 2 amide bonds. The van der Waals surface area contributed by atoms with Gasteiger partial charge in [0.2, 0.25) is 5.60 Å². The highest BCUT2D eigenvalue weighted by atomic mass is 35.5. The third kappa shape index (κ3) is 7.44. The van der Waals surface area contributed by atoms with Gasteiger partial charge in [-0.05, 0) is 74.9 Å². The first-order valence-corrected chi connectivity index (χ1v) is 17.4. The summed E-state index contributed by atoms with van der Waals surface area (Å²) >= 11 is 6.68. The third-order valence-electron chi connectivity index (χ3n) is 9.25. The van der Waals surface area contributed by atoms with Gasteiger partial charge in [-0.25, -0.2) is 0 Å². The standard InChI is InChI=1S/C35H35ClF6N4O3S/c1-4-7-27-33(49-23-17-28(50-19-23)35(40,41)42,12-6-14-46(27)30(47)29-25(34(37,38)39)8-5-13-44-29)31(48)45-15-11-21-16-22(36)9-10-24(21)26(45)18-32(2,3)20-43/h5,8-10,13,16-17,19,26-27H,4,6-7,11-12,14-15,18H2,1-3H3/t26?,27-,33-/m1/s1. The van der Waals surface area contributed by atoms with Crippen molar-refractivity contribution < 1.29 is 40.7 Å². The minimum Gasteiger partial charge on any atom is -0.474 e. The number of benzene rings is 1. The van der Waals surface area contributed by atoms with E-state index < -0.39 is 63.4 Å². The van der Waals surface area contributed by atoms with Gasteiger partial charge < -0.3 is 14.5 Å². The second-order valence-corrected chi connectivity index (χ2v) is 14.6. The van der Waals surface area contributed by atoms with E-state index in [-0.39, 0.29) is 44.5 Å². The molecule has 268 valence electrons. The molecule has 3 atom stereocenters. The topological polar surface area (TPSA) is 86.5 Å².